The summed E-state index contributed by atoms with van der Waals surface area (Å²) in [7, 11) is 0. The second-order valence-corrected chi connectivity index (χ2v) is 6.33. The van der Waals surface area contributed by atoms with E-state index in [4.69, 9.17) is 5.11 Å². The molecule has 0 spiro atoms. The van der Waals surface area contributed by atoms with Gasteiger partial charge in [0.15, 0.2) is 0 Å². The second kappa shape index (κ2) is 6.43. The summed E-state index contributed by atoms with van der Waals surface area (Å²) in [5, 5.41) is 9.00. The molecule has 1 N–H and O–H groups in total. The molecule has 0 amide bonds. The second-order valence-electron chi connectivity index (χ2n) is 5.18. The third-order valence-electron chi connectivity index (χ3n) is 3.43. The first-order chi connectivity index (χ1) is 9.08. The maximum absolute atomic E-state index is 10.9. The number of rotatable bonds is 5. The minimum absolute atomic E-state index is 0.131. The maximum atomic E-state index is 10.9. The SMILES string of the molecule is CC(C)n1cncc1CN1CCSCC1CC(=O)O. The van der Waals surface area contributed by atoms with Crippen LogP contribution in [-0.2, 0) is 11.3 Å². The average molecular weight is 283 g/mol. The molecule has 1 unspecified atom stereocenters. The predicted octanol–water partition coefficient (Wildman–Crippen LogP) is 1.86. The molecule has 1 aromatic heterocycles. The van der Waals surface area contributed by atoms with Crippen molar-refractivity contribution < 1.29 is 9.90 Å². The van der Waals surface area contributed by atoms with Crippen LogP contribution in [0, 0.1) is 0 Å². The van der Waals surface area contributed by atoms with E-state index in [2.05, 4.69) is 28.3 Å². The van der Waals surface area contributed by atoms with Gasteiger partial charge in [-0.3, -0.25) is 9.69 Å². The van der Waals surface area contributed by atoms with Crippen molar-refractivity contribution in [3.63, 3.8) is 0 Å². The summed E-state index contributed by atoms with van der Waals surface area (Å²) in [5.74, 6) is 1.27. The van der Waals surface area contributed by atoms with Gasteiger partial charge in [-0.15, -0.1) is 0 Å². The summed E-state index contributed by atoms with van der Waals surface area (Å²) in [6, 6.07) is 0.515. The van der Waals surface area contributed by atoms with Crippen molar-refractivity contribution in [2.75, 3.05) is 18.1 Å². The highest BCUT2D eigenvalue weighted by Crippen LogP contribution is 2.22. The summed E-state index contributed by atoms with van der Waals surface area (Å²) in [4.78, 5) is 17.4. The number of hydrogen-bond donors (Lipinski definition) is 1. The number of hydrogen-bond acceptors (Lipinski definition) is 4. The molecule has 1 saturated heterocycles. The molecule has 6 heteroatoms. The summed E-state index contributed by atoms with van der Waals surface area (Å²) in [6.07, 6.45) is 3.97. The molecule has 2 rings (SSSR count). The van der Waals surface area contributed by atoms with Crippen molar-refractivity contribution in [2.45, 2.75) is 38.9 Å². The van der Waals surface area contributed by atoms with E-state index in [1.54, 1.807) is 0 Å². The Hall–Kier alpha value is -1.01. The van der Waals surface area contributed by atoms with Crippen molar-refractivity contribution >= 4 is 17.7 Å². The van der Waals surface area contributed by atoms with Crippen LogP contribution in [0.25, 0.3) is 0 Å². The van der Waals surface area contributed by atoms with Crippen LogP contribution in [0.2, 0.25) is 0 Å². The molecule has 0 bridgehead atoms. The fourth-order valence-electron chi connectivity index (χ4n) is 2.41. The largest absolute Gasteiger partial charge is 0.481 e. The number of aliphatic carboxylic acids is 1. The van der Waals surface area contributed by atoms with Gasteiger partial charge in [0, 0.05) is 42.9 Å². The number of carboxylic acids is 1. The number of thioether (sulfide) groups is 1. The molecule has 1 aliphatic heterocycles. The third kappa shape index (κ3) is 3.73. The Labute approximate surface area is 118 Å². The van der Waals surface area contributed by atoms with E-state index in [0.29, 0.717) is 6.04 Å². The third-order valence-corrected chi connectivity index (χ3v) is 4.52. The Morgan fingerprint density at radius 2 is 2.42 bits per heavy atom. The highest BCUT2D eigenvalue weighted by molar-refractivity contribution is 7.99. The molecular formula is C13H21N3O2S. The van der Waals surface area contributed by atoms with Crippen molar-refractivity contribution in [1.29, 1.82) is 0 Å². The minimum Gasteiger partial charge on any atom is -0.481 e. The fraction of sp³-hybridized carbons (Fsp3) is 0.692. The fourth-order valence-corrected chi connectivity index (χ4v) is 3.55. The lowest BCUT2D eigenvalue weighted by Gasteiger charge is -2.34. The van der Waals surface area contributed by atoms with Gasteiger partial charge < -0.3 is 9.67 Å². The Balaban J connectivity index is 2.06. The molecule has 1 aromatic rings. The zero-order chi connectivity index (χ0) is 13.8. The Kier molecular flexibility index (Phi) is 4.87. The van der Waals surface area contributed by atoms with E-state index in [1.165, 1.54) is 0 Å². The van der Waals surface area contributed by atoms with Crippen molar-refractivity contribution in [1.82, 2.24) is 14.5 Å². The maximum Gasteiger partial charge on any atom is 0.304 e. The smallest absolute Gasteiger partial charge is 0.304 e. The first kappa shape index (κ1) is 14.4. The van der Waals surface area contributed by atoms with Gasteiger partial charge in [-0.2, -0.15) is 11.8 Å². The van der Waals surface area contributed by atoms with E-state index in [1.807, 2.05) is 24.3 Å². The quantitative estimate of drug-likeness (QED) is 0.894. The highest BCUT2D eigenvalue weighted by atomic mass is 32.2. The van der Waals surface area contributed by atoms with E-state index in [9.17, 15) is 4.79 Å². The molecule has 106 valence electrons. The monoisotopic (exact) mass is 283 g/mol. The molecule has 5 nitrogen and oxygen atoms in total. The summed E-state index contributed by atoms with van der Waals surface area (Å²) in [5.41, 5.74) is 1.16. The first-order valence-corrected chi connectivity index (χ1v) is 7.77. The van der Waals surface area contributed by atoms with Crippen molar-refractivity contribution in [3.8, 4) is 0 Å². The van der Waals surface area contributed by atoms with E-state index >= 15 is 0 Å². The highest BCUT2D eigenvalue weighted by Gasteiger charge is 2.25. The van der Waals surface area contributed by atoms with Crippen LogP contribution in [0.3, 0.4) is 0 Å². The van der Waals surface area contributed by atoms with Gasteiger partial charge in [0.25, 0.3) is 0 Å². The number of carbonyl (C=O) groups is 1. The molecule has 0 saturated carbocycles. The zero-order valence-electron chi connectivity index (χ0n) is 11.5. The van der Waals surface area contributed by atoms with Gasteiger partial charge >= 0.3 is 5.97 Å². The van der Waals surface area contributed by atoms with Gasteiger partial charge in [-0.25, -0.2) is 4.98 Å². The van der Waals surface area contributed by atoms with Gasteiger partial charge in [0.1, 0.15) is 0 Å². The number of nitrogens with zero attached hydrogens (tertiary/aromatic N) is 3. The van der Waals surface area contributed by atoms with Gasteiger partial charge in [-0.1, -0.05) is 0 Å². The molecule has 1 atom stereocenters. The lowest BCUT2D eigenvalue weighted by atomic mass is 10.2. The molecule has 0 radical (unpaired) electrons. The van der Waals surface area contributed by atoms with Crippen LogP contribution in [0.5, 0.6) is 0 Å². The predicted molar refractivity (Wildman–Crippen MR) is 76.4 cm³/mol. The van der Waals surface area contributed by atoms with Crippen LogP contribution in [-0.4, -0.2) is 49.6 Å². The minimum atomic E-state index is -0.713. The van der Waals surface area contributed by atoms with E-state index in [0.717, 1.165) is 30.3 Å². The Bertz CT molecular complexity index is 433. The molecule has 19 heavy (non-hydrogen) atoms. The van der Waals surface area contributed by atoms with Crippen LogP contribution in [0.15, 0.2) is 12.5 Å². The van der Waals surface area contributed by atoms with Crippen molar-refractivity contribution in [2.24, 2.45) is 0 Å². The average Bonchev–Trinajstić information content (AvgIpc) is 2.79. The lowest BCUT2D eigenvalue weighted by Crippen LogP contribution is -2.43. The molecule has 2 heterocycles. The molecule has 0 aliphatic carbocycles. The van der Waals surface area contributed by atoms with Crippen LogP contribution in [0.4, 0.5) is 0 Å². The van der Waals surface area contributed by atoms with Gasteiger partial charge in [0.05, 0.1) is 18.4 Å². The zero-order valence-corrected chi connectivity index (χ0v) is 12.3. The van der Waals surface area contributed by atoms with Crippen LogP contribution < -0.4 is 0 Å². The Morgan fingerprint density at radius 1 is 1.63 bits per heavy atom. The van der Waals surface area contributed by atoms with E-state index < -0.39 is 5.97 Å². The molecular weight excluding hydrogens is 262 g/mol. The number of aromatic nitrogens is 2. The topological polar surface area (TPSA) is 58.4 Å². The summed E-state index contributed by atoms with van der Waals surface area (Å²) in [6.45, 7) is 6.00. The van der Waals surface area contributed by atoms with E-state index in [-0.39, 0.29) is 12.5 Å². The number of carboxylic acid groups (broad SMARTS) is 1. The summed E-state index contributed by atoms with van der Waals surface area (Å²) >= 11 is 1.84. The first-order valence-electron chi connectivity index (χ1n) is 6.62. The van der Waals surface area contributed by atoms with Gasteiger partial charge in [-0.05, 0) is 13.8 Å². The van der Waals surface area contributed by atoms with Crippen molar-refractivity contribution in [3.05, 3.63) is 18.2 Å². The number of imidazole rings is 1. The Morgan fingerprint density at radius 3 is 3.11 bits per heavy atom. The van der Waals surface area contributed by atoms with Crippen LogP contribution in [0.1, 0.15) is 32.0 Å². The lowest BCUT2D eigenvalue weighted by molar-refractivity contribution is -0.138. The molecule has 1 fully saturated rings. The normalized spacial score (nSPS) is 20.9. The molecule has 0 aromatic carbocycles. The molecule has 1 aliphatic rings. The standard InChI is InChI=1S/C13H21N3O2S/c1-10(2)16-9-14-6-12(16)7-15-3-4-19-8-11(15)5-13(17)18/h6,9-11H,3-5,7-8H2,1-2H3,(H,17,18). The van der Waals surface area contributed by atoms with Crippen LogP contribution >= 0.6 is 11.8 Å². The summed E-state index contributed by atoms with van der Waals surface area (Å²) < 4.78 is 2.15. The van der Waals surface area contributed by atoms with Gasteiger partial charge in [0.2, 0.25) is 0 Å².